The molecule has 0 radical (unpaired) electrons. The molecule has 0 saturated heterocycles. The molecule has 10 heteroatoms. The molecule has 1 aliphatic rings. The molecule has 1 aliphatic heterocycles. The first-order valence-corrected chi connectivity index (χ1v) is 11.7. The highest BCUT2D eigenvalue weighted by atomic mass is 32.1. The van der Waals surface area contributed by atoms with Gasteiger partial charge < -0.3 is 9.30 Å². The van der Waals surface area contributed by atoms with E-state index in [0.29, 0.717) is 46.4 Å². The van der Waals surface area contributed by atoms with E-state index in [0.717, 1.165) is 22.2 Å². The zero-order valence-corrected chi connectivity index (χ0v) is 19.1. The molecule has 4 heterocycles. The first-order chi connectivity index (χ1) is 16.6. The number of methoxy groups -OCH3 is 1. The highest BCUT2D eigenvalue weighted by Gasteiger charge is 2.28. The van der Waals surface area contributed by atoms with Crippen molar-refractivity contribution in [3.05, 3.63) is 69.5 Å². The first kappa shape index (κ1) is 20.7. The SMILES string of the molecule is COCc1nnc(NC(=O)Cn2c3c(c4ccccc42)CCn2c-3nc3ccccc3c2=O)s1. The van der Waals surface area contributed by atoms with Gasteiger partial charge in [0.05, 0.1) is 16.6 Å². The molecule has 3 aromatic heterocycles. The minimum atomic E-state index is -0.232. The average molecular weight is 473 g/mol. The van der Waals surface area contributed by atoms with Crippen LogP contribution in [0.2, 0.25) is 0 Å². The molecule has 0 spiro atoms. The van der Waals surface area contributed by atoms with Gasteiger partial charge in [-0.2, -0.15) is 0 Å². The van der Waals surface area contributed by atoms with Crippen LogP contribution in [0.5, 0.6) is 0 Å². The number of anilines is 1. The van der Waals surface area contributed by atoms with Crippen LogP contribution in [-0.4, -0.2) is 37.3 Å². The lowest BCUT2D eigenvalue weighted by atomic mass is 10.0. The zero-order chi connectivity index (χ0) is 23.2. The number of rotatable bonds is 5. The van der Waals surface area contributed by atoms with Gasteiger partial charge in [-0.15, -0.1) is 10.2 Å². The van der Waals surface area contributed by atoms with Crippen molar-refractivity contribution in [3.8, 4) is 11.5 Å². The fourth-order valence-corrected chi connectivity index (χ4v) is 5.34. The maximum atomic E-state index is 13.2. The molecule has 9 nitrogen and oxygen atoms in total. The highest BCUT2D eigenvalue weighted by molar-refractivity contribution is 7.15. The Kier molecular flexibility index (Phi) is 4.96. The lowest BCUT2D eigenvalue weighted by molar-refractivity contribution is -0.116. The number of hydrogen-bond acceptors (Lipinski definition) is 7. The van der Waals surface area contributed by atoms with Crippen molar-refractivity contribution in [2.75, 3.05) is 12.4 Å². The van der Waals surface area contributed by atoms with E-state index in [4.69, 9.17) is 9.72 Å². The van der Waals surface area contributed by atoms with E-state index in [-0.39, 0.29) is 18.0 Å². The lowest BCUT2D eigenvalue weighted by Gasteiger charge is -2.21. The number of hydrogen-bond donors (Lipinski definition) is 1. The Morgan fingerprint density at radius 2 is 1.91 bits per heavy atom. The van der Waals surface area contributed by atoms with Gasteiger partial charge in [-0.25, -0.2) is 4.98 Å². The summed E-state index contributed by atoms with van der Waals surface area (Å²) in [5, 5.41) is 13.6. The number of fused-ring (bicyclic) bond motifs is 6. The van der Waals surface area contributed by atoms with Gasteiger partial charge in [0.25, 0.3) is 5.56 Å². The predicted octanol–water partition coefficient (Wildman–Crippen LogP) is 3.21. The largest absolute Gasteiger partial charge is 0.377 e. The third-order valence-electron chi connectivity index (χ3n) is 6.02. The monoisotopic (exact) mass is 472 g/mol. The van der Waals surface area contributed by atoms with Crippen LogP contribution in [0.25, 0.3) is 33.3 Å². The Labute approximate surface area is 197 Å². The second-order valence-corrected chi connectivity index (χ2v) is 9.13. The molecule has 5 aromatic rings. The topological polar surface area (TPSA) is 104 Å². The third-order valence-corrected chi connectivity index (χ3v) is 6.83. The van der Waals surface area contributed by atoms with Gasteiger partial charge in [0, 0.05) is 24.6 Å². The van der Waals surface area contributed by atoms with Crippen LogP contribution in [0.1, 0.15) is 10.6 Å². The standard InChI is InChI=1S/C24H20N6O3S/c1-33-13-20-27-28-24(34-20)26-19(31)12-30-18-9-5-3-6-14(18)15-10-11-29-22(21(15)30)25-17-8-4-2-7-16(17)23(29)32/h2-9H,10-13H2,1H3,(H,26,28,31). The van der Waals surface area contributed by atoms with Gasteiger partial charge in [0.2, 0.25) is 11.0 Å². The van der Waals surface area contributed by atoms with E-state index in [1.165, 1.54) is 11.3 Å². The van der Waals surface area contributed by atoms with Crippen LogP contribution in [0.3, 0.4) is 0 Å². The Hall–Kier alpha value is -3.89. The number of carbonyl (C=O) groups excluding carboxylic acids is 1. The molecule has 0 fully saturated rings. The van der Waals surface area contributed by atoms with E-state index in [1.807, 2.05) is 41.0 Å². The van der Waals surface area contributed by atoms with Crippen molar-refractivity contribution in [1.29, 1.82) is 0 Å². The Balaban J connectivity index is 1.47. The summed E-state index contributed by atoms with van der Waals surface area (Å²) in [6.07, 6.45) is 0.689. The normalized spacial score (nSPS) is 12.6. The van der Waals surface area contributed by atoms with Crippen LogP contribution < -0.4 is 10.9 Å². The van der Waals surface area contributed by atoms with Crippen molar-refractivity contribution in [1.82, 2.24) is 24.3 Å². The average Bonchev–Trinajstić information content (AvgIpc) is 3.42. The lowest BCUT2D eigenvalue weighted by Crippen LogP contribution is -2.29. The predicted molar refractivity (Wildman–Crippen MR) is 130 cm³/mol. The van der Waals surface area contributed by atoms with Crippen LogP contribution in [0, 0.1) is 0 Å². The second kappa shape index (κ2) is 8.15. The fourth-order valence-electron chi connectivity index (χ4n) is 4.62. The van der Waals surface area contributed by atoms with Crippen LogP contribution in [-0.2, 0) is 35.6 Å². The molecule has 0 aliphatic carbocycles. The number of aromatic nitrogens is 5. The molecule has 6 rings (SSSR count). The van der Waals surface area contributed by atoms with E-state index in [9.17, 15) is 9.59 Å². The minimum Gasteiger partial charge on any atom is -0.377 e. The molecule has 170 valence electrons. The quantitative estimate of drug-likeness (QED) is 0.421. The van der Waals surface area contributed by atoms with Gasteiger partial charge in [-0.1, -0.05) is 41.7 Å². The second-order valence-electron chi connectivity index (χ2n) is 8.07. The summed E-state index contributed by atoms with van der Waals surface area (Å²) in [6.45, 7) is 0.943. The minimum absolute atomic E-state index is 0.0533. The van der Waals surface area contributed by atoms with E-state index in [1.54, 1.807) is 17.7 Å². The number of aryl methyl sites for hydroxylation is 1. The molecule has 34 heavy (non-hydrogen) atoms. The third kappa shape index (κ3) is 3.30. The van der Waals surface area contributed by atoms with Gasteiger partial charge >= 0.3 is 0 Å². The van der Waals surface area contributed by atoms with Crippen molar-refractivity contribution in [3.63, 3.8) is 0 Å². The fraction of sp³-hybridized carbons (Fsp3) is 0.208. The van der Waals surface area contributed by atoms with Gasteiger partial charge in [-0.05, 0) is 30.2 Å². The van der Waals surface area contributed by atoms with Crippen molar-refractivity contribution >= 4 is 44.2 Å². The Morgan fingerprint density at radius 3 is 2.76 bits per heavy atom. The van der Waals surface area contributed by atoms with Crippen molar-refractivity contribution in [2.45, 2.75) is 26.1 Å². The Bertz CT molecular complexity index is 1630. The zero-order valence-electron chi connectivity index (χ0n) is 18.3. The molecule has 0 bridgehead atoms. The molecule has 0 saturated carbocycles. The molecule has 0 atom stereocenters. The summed E-state index contributed by atoms with van der Waals surface area (Å²) >= 11 is 1.28. The summed E-state index contributed by atoms with van der Waals surface area (Å²) in [4.78, 5) is 31.2. The molecular weight excluding hydrogens is 452 g/mol. The van der Waals surface area contributed by atoms with E-state index in [2.05, 4.69) is 21.6 Å². The van der Waals surface area contributed by atoms with E-state index >= 15 is 0 Å². The van der Waals surface area contributed by atoms with Gasteiger partial charge in [0.15, 0.2) is 5.82 Å². The number of nitrogens with zero attached hydrogens (tertiary/aromatic N) is 5. The molecule has 1 N–H and O–H groups in total. The van der Waals surface area contributed by atoms with Crippen molar-refractivity contribution < 1.29 is 9.53 Å². The molecule has 0 unspecified atom stereocenters. The summed E-state index contributed by atoms with van der Waals surface area (Å²) in [5.41, 5.74) is 3.42. The maximum absolute atomic E-state index is 13.2. The Morgan fingerprint density at radius 1 is 1.12 bits per heavy atom. The highest BCUT2D eigenvalue weighted by Crippen LogP contribution is 2.36. The van der Waals surface area contributed by atoms with Crippen molar-refractivity contribution in [2.24, 2.45) is 0 Å². The van der Waals surface area contributed by atoms with Crippen LogP contribution in [0.15, 0.2) is 53.3 Å². The molecular formula is C24H20N6O3S. The summed E-state index contributed by atoms with van der Waals surface area (Å²) in [6, 6.07) is 15.4. The van der Waals surface area contributed by atoms with Crippen LogP contribution in [0.4, 0.5) is 5.13 Å². The number of carbonyl (C=O) groups is 1. The van der Waals surface area contributed by atoms with Crippen LogP contribution >= 0.6 is 11.3 Å². The number of para-hydroxylation sites is 2. The van der Waals surface area contributed by atoms with Gasteiger partial charge in [0.1, 0.15) is 18.2 Å². The number of benzene rings is 2. The molecule has 1 amide bonds. The number of ether oxygens (including phenoxy) is 1. The van der Waals surface area contributed by atoms with E-state index < -0.39 is 0 Å². The number of amides is 1. The first-order valence-electron chi connectivity index (χ1n) is 10.9. The van der Waals surface area contributed by atoms with Gasteiger partial charge in [-0.3, -0.25) is 19.5 Å². The maximum Gasteiger partial charge on any atom is 0.261 e. The molecule has 2 aromatic carbocycles. The summed E-state index contributed by atoms with van der Waals surface area (Å²) in [7, 11) is 1.58. The number of nitrogens with one attached hydrogen (secondary N) is 1. The summed E-state index contributed by atoms with van der Waals surface area (Å²) in [5.74, 6) is 0.358. The summed E-state index contributed by atoms with van der Waals surface area (Å²) < 4.78 is 8.74. The smallest absolute Gasteiger partial charge is 0.261 e.